The maximum Gasteiger partial charge on any atom is 0.0312 e. The molecule has 2 rings (SSSR count). The van der Waals surface area contributed by atoms with E-state index in [1.54, 1.807) is 0 Å². The van der Waals surface area contributed by atoms with Gasteiger partial charge >= 0.3 is 0 Å². The van der Waals surface area contributed by atoms with Crippen molar-refractivity contribution >= 4 is 0 Å². The van der Waals surface area contributed by atoms with Gasteiger partial charge in [-0.1, -0.05) is 6.07 Å². The van der Waals surface area contributed by atoms with Crippen LogP contribution in [0.1, 0.15) is 5.56 Å². The van der Waals surface area contributed by atoms with E-state index in [9.17, 15) is 0 Å². The summed E-state index contributed by atoms with van der Waals surface area (Å²) in [6.07, 6.45) is 3.75. The third-order valence-corrected chi connectivity index (χ3v) is 3.99. The quantitative estimate of drug-likeness (QED) is 0.699. The van der Waals surface area contributed by atoms with Crippen LogP contribution in [0, 0.1) is 0 Å². The summed E-state index contributed by atoms with van der Waals surface area (Å²) in [5.41, 5.74) is 1.26. The van der Waals surface area contributed by atoms with Gasteiger partial charge in [-0.2, -0.15) is 0 Å². The number of likely N-dealkylation sites (N-methyl/N-ethyl adjacent to an activating group) is 1. The van der Waals surface area contributed by atoms with Gasteiger partial charge in [0.25, 0.3) is 0 Å². The maximum atomic E-state index is 4.13. The lowest BCUT2D eigenvalue weighted by molar-refractivity contribution is 0.126. The first-order valence-electron chi connectivity index (χ1n) is 7.93. The molecule has 1 aromatic heterocycles. The minimum atomic E-state index is 0.913. The fourth-order valence-electron chi connectivity index (χ4n) is 2.55. The molecule has 1 aliphatic heterocycles. The molecule has 5 nitrogen and oxygen atoms in total. The predicted molar refractivity (Wildman–Crippen MR) is 87.4 cm³/mol. The van der Waals surface area contributed by atoms with E-state index in [0.29, 0.717) is 0 Å². The van der Waals surface area contributed by atoms with Gasteiger partial charge in [0, 0.05) is 71.3 Å². The summed E-state index contributed by atoms with van der Waals surface area (Å²) in [5, 5.41) is 3.50. The van der Waals surface area contributed by atoms with Gasteiger partial charge in [-0.05, 0) is 25.7 Å². The summed E-state index contributed by atoms with van der Waals surface area (Å²) in [6, 6.07) is 4.10. The van der Waals surface area contributed by atoms with E-state index >= 15 is 0 Å². The molecule has 118 valence electrons. The van der Waals surface area contributed by atoms with Gasteiger partial charge in [0.2, 0.25) is 0 Å². The van der Waals surface area contributed by atoms with Gasteiger partial charge in [-0.25, -0.2) is 0 Å². The molecule has 0 atom stereocenters. The van der Waals surface area contributed by atoms with Crippen molar-refractivity contribution in [1.82, 2.24) is 25.0 Å². The molecule has 5 heteroatoms. The summed E-state index contributed by atoms with van der Waals surface area (Å²) in [7, 11) is 4.29. The van der Waals surface area contributed by atoms with Crippen molar-refractivity contribution in [1.29, 1.82) is 0 Å². The number of piperazine rings is 1. The zero-order valence-electron chi connectivity index (χ0n) is 13.5. The molecule has 1 N–H and O–H groups in total. The standard InChI is InChI=1S/C16H29N5/c1-19(2)8-9-21-12-10-20(11-13-21)7-6-18-15-16-4-3-5-17-14-16/h3-5,14,18H,6-13,15H2,1-2H3. The van der Waals surface area contributed by atoms with Crippen molar-refractivity contribution in [3.8, 4) is 0 Å². The molecule has 0 amide bonds. The Labute approximate surface area is 128 Å². The molecule has 0 radical (unpaired) electrons. The van der Waals surface area contributed by atoms with Crippen LogP contribution in [0.15, 0.2) is 24.5 Å². The monoisotopic (exact) mass is 291 g/mol. The van der Waals surface area contributed by atoms with Gasteiger partial charge in [-0.3, -0.25) is 14.8 Å². The fourth-order valence-corrected chi connectivity index (χ4v) is 2.55. The first-order chi connectivity index (χ1) is 10.2. The van der Waals surface area contributed by atoms with Crippen molar-refractivity contribution in [3.63, 3.8) is 0 Å². The molecule has 1 saturated heterocycles. The van der Waals surface area contributed by atoms with Gasteiger partial charge in [-0.15, -0.1) is 0 Å². The molecular weight excluding hydrogens is 262 g/mol. The van der Waals surface area contributed by atoms with Crippen LogP contribution in [0.4, 0.5) is 0 Å². The highest BCUT2D eigenvalue weighted by Gasteiger charge is 2.15. The molecule has 0 spiro atoms. The van der Waals surface area contributed by atoms with Crippen molar-refractivity contribution in [2.24, 2.45) is 0 Å². The second-order valence-corrected chi connectivity index (χ2v) is 6.02. The Morgan fingerprint density at radius 2 is 1.86 bits per heavy atom. The summed E-state index contributed by atoms with van der Waals surface area (Å²) in [6.45, 7) is 10.3. The van der Waals surface area contributed by atoms with Crippen LogP contribution in [-0.2, 0) is 6.54 Å². The maximum absolute atomic E-state index is 4.13. The number of nitrogens with one attached hydrogen (secondary N) is 1. The van der Waals surface area contributed by atoms with E-state index in [0.717, 1.165) is 26.2 Å². The van der Waals surface area contributed by atoms with Crippen LogP contribution in [0.2, 0.25) is 0 Å². The zero-order valence-corrected chi connectivity index (χ0v) is 13.5. The number of pyridine rings is 1. The first kappa shape index (κ1) is 16.4. The Balaban J connectivity index is 1.53. The van der Waals surface area contributed by atoms with Gasteiger partial charge in [0.05, 0.1) is 0 Å². The number of hydrogen-bond donors (Lipinski definition) is 1. The number of aromatic nitrogens is 1. The topological polar surface area (TPSA) is 34.6 Å². The van der Waals surface area contributed by atoms with Crippen molar-refractivity contribution in [3.05, 3.63) is 30.1 Å². The lowest BCUT2D eigenvalue weighted by Crippen LogP contribution is -2.49. The number of rotatable bonds is 8. The average Bonchev–Trinajstić information content (AvgIpc) is 2.52. The third-order valence-electron chi connectivity index (χ3n) is 3.99. The lowest BCUT2D eigenvalue weighted by atomic mass is 10.3. The number of hydrogen-bond acceptors (Lipinski definition) is 5. The molecule has 21 heavy (non-hydrogen) atoms. The Morgan fingerprint density at radius 3 is 2.48 bits per heavy atom. The Hall–Kier alpha value is -1.01. The van der Waals surface area contributed by atoms with E-state index < -0.39 is 0 Å². The fraction of sp³-hybridized carbons (Fsp3) is 0.688. The Bertz CT molecular complexity index is 374. The largest absolute Gasteiger partial charge is 0.311 e. The van der Waals surface area contributed by atoms with E-state index in [1.165, 1.54) is 38.3 Å². The van der Waals surface area contributed by atoms with Crippen LogP contribution >= 0.6 is 0 Å². The normalized spacial score (nSPS) is 17.5. The molecule has 0 unspecified atom stereocenters. The minimum Gasteiger partial charge on any atom is -0.311 e. The predicted octanol–water partition coefficient (Wildman–Crippen LogP) is 0.350. The molecule has 0 bridgehead atoms. The highest BCUT2D eigenvalue weighted by Crippen LogP contribution is 2.01. The van der Waals surface area contributed by atoms with Gasteiger partial charge < -0.3 is 10.2 Å². The third kappa shape index (κ3) is 6.52. The van der Waals surface area contributed by atoms with Crippen LogP contribution in [0.5, 0.6) is 0 Å². The second kappa shape index (κ2) is 9.10. The van der Waals surface area contributed by atoms with Crippen molar-refractivity contribution in [2.75, 3.05) is 66.5 Å². The summed E-state index contributed by atoms with van der Waals surface area (Å²) in [5.74, 6) is 0. The van der Waals surface area contributed by atoms with Crippen LogP contribution < -0.4 is 5.32 Å². The van der Waals surface area contributed by atoms with Crippen molar-refractivity contribution in [2.45, 2.75) is 6.54 Å². The van der Waals surface area contributed by atoms with E-state index in [4.69, 9.17) is 0 Å². The summed E-state index contributed by atoms with van der Waals surface area (Å²) < 4.78 is 0. The SMILES string of the molecule is CN(C)CCN1CCN(CCNCc2cccnc2)CC1. The molecule has 1 aromatic rings. The first-order valence-corrected chi connectivity index (χ1v) is 7.93. The zero-order chi connectivity index (χ0) is 14.9. The van der Waals surface area contributed by atoms with Gasteiger partial charge in [0.1, 0.15) is 0 Å². The lowest BCUT2D eigenvalue weighted by Gasteiger charge is -2.35. The van der Waals surface area contributed by atoms with E-state index in [1.807, 2.05) is 18.5 Å². The molecular formula is C16H29N5. The molecule has 0 saturated carbocycles. The number of nitrogens with zero attached hydrogens (tertiary/aromatic N) is 4. The van der Waals surface area contributed by atoms with E-state index in [-0.39, 0.29) is 0 Å². The highest BCUT2D eigenvalue weighted by molar-refractivity contribution is 5.07. The molecule has 1 aliphatic rings. The summed E-state index contributed by atoms with van der Waals surface area (Å²) >= 11 is 0. The smallest absolute Gasteiger partial charge is 0.0312 e. The average molecular weight is 291 g/mol. The molecule has 2 heterocycles. The Morgan fingerprint density at radius 1 is 1.14 bits per heavy atom. The molecule has 1 fully saturated rings. The molecule has 0 aromatic carbocycles. The van der Waals surface area contributed by atoms with Crippen LogP contribution in [-0.4, -0.2) is 86.1 Å². The van der Waals surface area contributed by atoms with Crippen LogP contribution in [0.3, 0.4) is 0 Å². The highest BCUT2D eigenvalue weighted by atomic mass is 15.3. The Kier molecular flexibility index (Phi) is 7.09. The van der Waals surface area contributed by atoms with E-state index in [2.05, 4.69) is 45.2 Å². The minimum absolute atomic E-state index is 0.913. The van der Waals surface area contributed by atoms with Crippen LogP contribution in [0.25, 0.3) is 0 Å². The molecule has 0 aliphatic carbocycles. The second-order valence-electron chi connectivity index (χ2n) is 6.02. The summed E-state index contributed by atoms with van der Waals surface area (Å²) in [4.78, 5) is 11.5. The van der Waals surface area contributed by atoms with Crippen molar-refractivity contribution < 1.29 is 0 Å². The van der Waals surface area contributed by atoms with Gasteiger partial charge in [0.15, 0.2) is 0 Å².